The van der Waals surface area contributed by atoms with Crippen molar-refractivity contribution in [3.8, 4) is 11.5 Å². The van der Waals surface area contributed by atoms with Crippen LogP contribution >= 0.6 is 38.5 Å². The van der Waals surface area contributed by atoms with Crippen molar-refractivity contribution < 1.29 is 18.7 Å². The maximum Gasteiger partial charge on any atom is 0.307 e. The highest BCUT2D eigenvalue weighted by atomic mass is 127. The molecule has 0 aliphatic heterocycles. The minimum atomic E-state index is -0.436. The van der Waals surface area contributed by atoms with Gasteiger partial charge < -0.3 is 13.9 Å². The molecule has 1 amide bonds. The maximum absolute atomic E-state index is 12.5. The fourth-order valence-corrected chi connectivity index (χ4v) is 5.74. The van der Waals surface area contributed by atoms with Gasteiger partial charge in [0.15, 0.2) is 5.76 Å². The largest absolute Gasteiger partial charge is 0.494 e. The van der Waals surface area contributed by atoms with Crippen molar-refractivity contribution in [2.45, 2.75) is 13.5 Å². The van der Waals surface area contributed by atoms with Crippen LogP contribution in [0.25, 0.3) is 21.7 Å². The van der Waals surface area contributed by atoms with Gasteiger partial charge in [-0.2, -0.15) is 5.10 Å². The molecule has 0 aliphatic rings. The Bertz CT molecular complexity index is 1600. The Morgan fingerprint density at radius 3 is 2.70 bits per heavy atom. The SMILES string of the molecule is CCOc1ccc2oc(C(=O)N/N=C/c3cc(Br)c(OCc4cccc5ccccc45)c(I)c3)cc2c1. The maximum atomic E-state index is 12.5. The summed E-state index contributed by atoms with van der Waals surface area (Å²) in [5, 5.41) is 7.25. The quantitative estimate of drug-likeness (QED) is 0.105. The molecule has 0 saturated carbocycles. The average Bonchev–Trinajstić information content (AvgIpc) is 3.32. The van der Waals surface area contributed by atoms with E-state index in [1.54, 1.807) is 18.3 Å². The second-order valence-electron chi connectivity index (χ2n) is 8.18. The molecule has 1 heterocycles. The summed E-state index contributed by atoms with van der Waals surface area (Å²) in [6.07, 6.45) is 1.58. The van der Waals surface area contributed by atoms with Gasteiger partial charge in [0.1, 0.15) is 23.7 Å². The number of rotatable bonds is 8. The lowest BCUT2D eigenvalue weighted by atomic mass is 10.1. The van der Waals surface area contributed by atoms with E-state index in [-0.39, 0.29) is 5.76 Å². The van der Waals surface area contributed by atoms with Gasteiger partial charge in [0.2, 0.25) is 0 Å². The first-order valence-electron chi connectivity index (χ1n) is 11.6. The van der Waals surface area contributed by atoms with Crippen LogP contribution in [0, 0.1) is 3.57 Å². The van der Waals surface area contributed by atoms with Gasteiger partial charge in [0.25, 0.3) is 0 Å². The van der Waals surface area contributed by atoms with Crippen LogP contribution in [0.1, 0.15) is 28.6 Å². The molecule has 0 radical (unpaired) electrons. The van der Waals surface area contributed by atoms with Crippen molar-refractivity contribution in [1.29, 1.82) is 0 Å². The lowest BCUT2D eigenvalue weighted by Gasteiger charge is -2.13. The number of halogens is 2. The molecule has 37 heavy (non-hydrogen) atoms. The first-order chi connectivity index (χ1) is 18.0. The third-order valence-corrected chi connectivity index (χ3v) is 7.07. The van der Waals surface area contributed by atoms with Crippen molar-refractivity contribution in [3.63, 3.8) is 0 Å². The van der Waals surface area contributed by atoms with Crippen LogP contribution in [0.15, 0.2) is 92.9 Å². The standard InChI is InChI=1S/C29H22BrIN2O4/c1-2-35-22-10-11-26-21(14-22)15-27(37-26)29(34)33-32-16-18-12-24(30)28(25(31)13-18)36-17-20-8-5-7-19-6-3-4-9-23(19)20/h3-16H,2,17H2,1H3,(H,33,34)/b32-16+. The Kier molecular flexibility index (Phi) is 7.76. The van der Waals surface area contributed by atoms with E-state index in [2.05, 4.69) is 73.3 Å². The van der Waals surface area contributed by atoms with Gasteiger partial charge in [-0.25, -0.2) is 5.43 Å². The van der Waals surface area contributed by atoms with Gasteiger partial charge in [-0.05, 0) is 104 Å². The molecule has 0 bridgehead atoms. The van der Waals surface area contributed by atoms with Crippen molar-refractivity contribution in [3.05, 3.63) is 104 Å². The first kappa shape index (κ1) is 25.3. The zero-order valence-electron chi connectivity index (χ0n) is 19.8. The molecule has 5 aromatic rings. The lowest BCUT2D eigenvalue weighted by molar-refractivity contribution is 0.0929. The second-order valence-corrected chi connectivity index (χ2v) is 10.2. The molecule has 4 aromatic carbocycles. The number of carbonyl (C=O) groups is 1. The van der Waals surface area contributed by atoms with Gasteiger partial charge in [0.05, 0.1) is 20.9 Å². The number of benzene rings is 4. The summed E-state index contributed by atoms with van der Waals surface area (Å²) in [7, 11) is 0. The number of furan rings is 1. The van der Waals surface area contributed by atoms with Crippen LogP contribution < -0.4 is 14.9 Å². The van der Waals surface area contributed by atoms with Crippen molar-refractivity contribution in [2.75, 3.05) is 6.61 Å². The summed E-state index contributed by atoms with van der Waals surface area (Å²) in [6, 6.07) is 25.4. The number of amides is 1. The molecule has 5 rings (SSSR count). The van der Waals surface area contributed by atoms with Crippen LogP contribution in [0.3, 0.4) is 0 Å². The second kappa shape index (κ2) is 11.4. The number of nitrogens with zero attached hydrogens (tertiary/aromatic N) is 1. The molecule has 0 spiro atoms. The van der Waals surface area contributed by atoms with E-state index in [1.165, 1.54) is 10.8 Å². The summed E-state index contributed by atoms with van der Waals surface area (Å²) in [5.41, 5.74) is 5.05. The third-order valence-electron chi connectivity index (χ3n) is 5.67. The molecular formula is C29H22BrIN2O4. The van der Waals surface area contributed by atoms with Crippen molar-refractivity contribution in [1.82, 2.24) is 5.43 Å². The highest BCUT2D eigenvalue weighted by Crippen LogP contribution is 2.33. The van der Waals surface area contributed by atoms with Crippen LogP contribution in [0.2, 0.25) is 0 Å². The summed E-state index contributed by atoms with van der Waals surface area (Å²) in [4.78, 5) is 12.5. The first-order valence-corrected chi connectivity index (χ1v) is 13.5. The monoisotopic (exact) mass is 668 g/mol. The van der Waals surface area contributed by atoms with E-state index in [1.807, 2.05) is 49.4 Å². The minimum absolute atomic E-state index is 0.175. The minimum Gasteiger partial charge on any atom is -0.494 e. The fourth-order valence-electron chi connectivity index (χ4n) is 3.97. The number of hydrogen-bond donors (Lipinski definition) is 1. The van der Waals surface area contributed by atoms with Gasteiger partial charge in [0, 0.05) is 5.39 Å². The summed E-state index contributed by atoms with van der Waals surface area (Å²) < 4.78 is 19.0. The van der Waals surface area contributed by atoms with E-state index in [9.17, 15) is 4.79 Å². The molecule has 0 saturated heterocycles. The smallest absolute Gasteiger partial charge is 0.307 e. The predicted octanol–water partition coefficient (Wildman–Crippen LogP) is 7.69. The van der Waals surface area contributed by atoms with Crippen molar-refractivity contribution in [2.24, 2.45) is 5.10 Å². The zero-order chi connectivity index (χ0) is 25.8. The van der Waals surface area contributed by atoms with E-state index >= 15 is 0 Å². The fraction of sp³-hybridized carbons (Fsp3) is 0.103. The Morgan fingerprint density at radius 1 is 1.03 bits per heavy atom. The molecule has 0 atom stereocenters. The van der Waals surface area contributed by atoms with Crippen LogP contribution in [-0.4, -0.2) is 18.7 Å². The normalized spacial score (nSPS) is 11.3. The number of ether oxygens (including phenoxy) is 2. The lowest BCUT2D eigenvalue weighted by Crippen LogP contribution is -2.16. The Labute approximate surface area is 235 Å². The van der Waals surface area contributed by atoms with Gasteiger partial charge in [-0.1, -0.05) is 42.5 Å². The topological polar surface area (TPSA) is 73.1 Å². The Morgan fingerprint density at radius 2 is 1.86 bits per heavy atom. The number of carbonyl (C=O) groups excluding carboxylic acids is 1. The number of hydrazone groups is 1. The highest BCUT2D eigenvalue weighted by molar-refractivity contribution is 14.1. The van der Waals surface area contributed by atoms with Gasteiger partial charge in [-0.15, -0.1) is 0 Å². The van der Waals surface area contributed by atoms with E-state index in [4.69, 9.17) is 13.9 Å². The molecule has 6 nitrogen and oxygen atoms in total. The zero-order valence-corrected chi connectivity index (χ0v) is 23.6. The number of nitrogens with one attached hydrogen (secondary N) is 1. The molecule has 0 aliphatic carbocycles. The average molecular weight is 669 g/mol. The van der Waals surface area contributed by atoms with Crippen molar-refractivity contribution >= 4 is 72.4 Å². The third kappa shape index (κ3) is 5.80. The summed E-state index contributed by atoms with van der Waals surface area (Å²) in [6.45, 7) is 2.93. The molecule has 8 heteroatoms. The van der Waals surface area contributed by atoms with E-state index in [0.717, 1.165) is 36.1 Å². The molecule has 0 unspecified atom stereocenters. The molecule has 186 valence electrons. The van der Waals surface area contributed by atoms with E-state index in [0.29, 0.717) is 18.8 Å². The molecule has 0 fully saturated rings. The molecule has 1 N–H and O–H groups in total. The van der Waals surface area contributed by atoms with Crippen LogP contribution in [-0.2, 0) is 6.61 Å². The Balaban J connectivity index is 1.25. The summed E-state index contributed by atoms with van der Waals surface area (Å²) in [5.74, 6) is 1.22. The molecule has 1 aromatic heterocycles. The number of fused-ring (bicyclic) bond motifs is 2. The highest BCUT2D eigenvalue weighted by Gasteiger charge is 2.13. The predicted molar refractivity (Wildman–Crippen MR) is 158 cm³/mol. The van der Waals surface area contributed by atoms with Gasteiger partial charge >= 0.3 is 5.91 Å². The molecular weight excluding hydrogens is 647 g/mol. The van der Waals surface area contributed by atoms with Crippen LogP contribution in [0.5, 0.6) is 11.5 Å². The number of hydrogen-bond acceptors (Lipinski definition) is 5. The van der Waals surface area contributed by atoms with Gasteiger partial charge in [-0.3, -0.25) is 4.79 Å². The summed E-state index contributed by atoms with van der Waals surface area (Å²) >= 11 is 5.85. The van der Waals surface area contributed by atoms with E-state index < -0.39 is 5.91 Å². The van der Waals surface area contributed by atoms with Crippen LogP contribution in [0.4, 0.5) is 0 Å². The Hall–Kier alpha value is -3.37.